The molecule has 2 N–H and O–H groups in total. The summed E-state index contributed by atoms with van der Waals surface area (Å²) < 4.78 is 21.0. The van der Waals surface area contributed by atoms with E-state index in [1.54, 1.807) is 24.3 Å². The summed E-state index contributed by atoms with van der Waals surface area (Å²) in [5.74, 6) is 0.0486. The summed E-state index contributed by atoms with van der Waals surface area (Å²) in [5, 5.41) is 15.7. The largest absolute Gasteiger partial charge is 0.507 e. The monoisotopic (exact) mass is 439 g/mol. The summed E-state index contributed by atoms with van der Waals surface area (Å²) in [5.41, 5.74) is 0. The van der Waals surface area contributed by atoms with E-state index in [2.05, 4.69) is 11.9 Å². The van der Waals surface area contributed by atoms with E-state index in [-0.39, 0.29) is 32.1 Å². The highest BCUT2D eigenvalue weighted by Gasteiger charge is 2.16. The van der Waals surface area contributed by atoms with Crippen LogP contribution in [0, 0.1) is 0 Å². The number of carbonyl (C=O) groups is 2. The lowest BCUT2D eigenvalue weighted by atomic mass is 10.0. The van der Waals surface area contributed by atoms with Crippen LogP contribution in [0.1, 0.15) is 0 Å². The fraction of sp³-hybridized carbons (Fsp3) is 0.250. The van der Waals surface area contributed by atoms with Crippen molar-refractivity contribution < 1.29 is 33.6 Å². The Morgan fingerprint density at radius 1 is 0.844 bits per heavy atom. The maximum Gasteiger partial charge on any atom is 0.412 e. The number of aromatic hydroxyl groups is 1. The van der Waals surface area contributed by atoms with Crippen LogP contribution in [0.5, 0.6) is 11.5 Å². The van der Waals surface area contributed by atoms with E-state index in [4.69, 9.17) is 18.9 Å². The molecule has 3 aromatic carbocycles. The highest BCUT2D eigenvalue weighted by atomic mass is 16.6. The van der Waals surface area contributed by atoms with Gasteiger partial charge in [-0.1, -0.05) is 55.1 Å². The number of phenolic OH excluding ortho intramolecular Hbond substituents is 1. The van der Waals surface area contributed by atoms with Gasteiger partial charge < -0.3 is 29.4 Å². The van der Waals surface area contributed by atoms with E-state index >= 15 is 0 Å². The predicted octanol–water partition coefficient (Wildman–Crippen LogP) is 3.55. The molecule has 0 unspecified atom stereocenters. The number of hydrogen-bond donors (Lipinski definition) is 2. The minimum absolute atomic E-state index is 0.151. The summed E-state index contributed by atoms with van der Waals surface area (Å²) in [6, 6.07) is 14.4. The third kappa shape index (κ3) is 5.96. The van der Waals surface area contributed by atoms with Gasteiger partial charge in [-0.25, -0.2) is 9.59 Å². The highest BCUT2D eigenvalue weighted by molar-refractivity contribution is 6.11. The third-order valence-electron chi connectivity index (χ3n) is 4.57. The molecule has 3 aromatic rings. The molecule has 8 nitrogen and oxygen atoms in total. The molecule has 0 aromatic heterocycles. The van der Waals surface area contributed by atoms with Crippen LogP contribution in [0.3, 0.4) is 0 Å². The number of phenols is 1. The number of benzene rings is 3. The van der Waals surface area contributed by atoms with Crippen molar-refractivity contribution in [1.82, 2.24) is 5.32 Å². The smallest absolute Gasteiger partial charge is 0.412 e. The molecule has 0 saturated carbocycles. The second-order valence-electron chi connectivity index (χ2n) is 6.68. The van der Waals surface area contributed by atoms with Gasteiger partial charge in [0.25, 0.3) is 0 Å². The summed E-state index contributed by atoms with van der Waals surface area (Å²) in [4.78, 5) is 23.2. The van der Waals surface area contributed by atoms with E-state index in [9.17, 15) is 14.7 Å². The fourth-order valence-electron chi connectivity index (χ4n) is 3.11. The van der Waals surface area contributed by atoms with Crippen LogP contribution < -0.4 is 10.1 Å². The average Bonchev–Trinajstić information content (AvgIpc) is 2.82. The van der Waals surface area contributed by atoms with Crippen molar-refractivity contribution in [2.24, 2.45) is 0 Å². The number of nitrogens with one attached hydrogen (secondary N) is 1. The van der Waals surface area contributed by atoms with Gasteiger partial charge in [-0.2, -0.15) is 0 Å². The molecule has 0 saturated heterocycles. The average molecular weight is 439 g/mol. The maximum absolute atomic E-state index is 12.3. The van der Waals surface area contributed by atoms with Crippen LogP contribution in [0.15, 0.2) is 61.2 Å². The SMILES string of the molecule is C=CC(=O)OCCOCCOCCNC(=O)Oc1c2ccccc2c(O)c2ccccc12. The van der Waals surface area contributed by atoms with Gasteiger partial charge >= 0.3 is 12.1 Å². The zero-order chi connectivity index (χ0) is 22.8. The summed E-state index contributed by atoms with van der Waals surface area (Å²) in [7, 11) is 0. The Bertz CT molecular complexity index is 1040. The van der Waals surface area contributed by atoms with Gasteiger partial charge in [-0.05, 0) is 0 Å². The van der Waals surface area contributed by atoms with Crippen molar-refractivity contribution in [3.05, 3.63) is 61.2 Å². The molecule has 0 aliphatic heterocycles. The fourth-order valence-corrected chi connectivity index (χ4v) is 3.11. The van der Waals surface area contributed by atoms with Crippen LogP contribution in [0.25, 0.3) is 21.5 Å². The number of hydrogen-bond acceptors (Lipinski definition) is 7. The Morgan fingerprint density at radius 3 is 1.97 bits per heavy atom. The second-order valence-corrected chi connectivity index (χ2v) is 6.68. The van der Waals surface area contributed by atoms with Crippen molar-refractivity contribution >= 4 is 33.6 Å². The first-order valence-corrected chi connectivity index (χ1v) is 10.1. The second kappa shape index (κ2) is 11.7. The van der Waals surface area contributed by atoms with Gasteiger partial charge in [-0.3, -0.25) is 0 Å². The molecular weight excluding hydrogens is 414 g/mol. The minimum Gasteiger partial charge on any atom is -0.507 e. The quantitative estimate of drug-likeness (QED) is 0.204. The van der Waals surface area contributed by atoms with Gasteiger partial charge in [-0.15, -0.1) is 0 Å². The Labute approximate surface area is 185 Å². The van der Waals surface area contributed by atoms with Crippen molar-refractivity contribution in [3.8, 4) is 11.5 Å². The Morgan fingerprint density at radius 2 is 1.38 bits per heavy atom. The normalized spacial score (nSPS) is 10.8. The van der Waals surface area contributed by atoms with Gasteiger partial charge in [0.1, 0.15) is 18.1 Å². The molecule has 0 spiro atoms. The summed E-state index contributed by atoms with van der Waals surface area (Å²) >= 11 is 0. The lowest BCUT2D eigenvalue weighted by Gasteiger charge is -2.14. The highest BCUT2D eigenvalue weighted by Crippen LogP contribution is 2.41. The molecule has 1 amide bonds. The number of ether oxygens (including phenoxy) is 4. The van der Waals surface area contributed by atoms with Gasteiger partial charge in [0.05, 0.1) is 26.4 Å². The first kappa shape index (κ1) is 23.1. The molecule has 3 rings (SSSR count). The van der Waals surface area contributed by atoms with E-state index in [0.29, 0.717) is 40.5 Å². The zero-order valence-electron chi connectivity index (χ0n) is 17.5. The third-order valence-corrected chi connectivity index (χ3v) is 4.57. The molecule has 8 heteroatoms. The van der Waals surface area contributed by atoms with Gasteiger partial charge in [0.15, 0.2) is 0 Å². The molecule has 168 valence electrons. The Balaban J connectivity index is 1.45. The van der Waals surface area contributed by atoms with Gasteiger partial charge in [0.2, 0.25) is 0 Å². The van der Waals surface area contributed by atoms with Crippen molar-refractivity contribution in [1.29, 1.82) is 0 Å². The van der Waals surface area contributed by atoms with Crippen LogP contribution >= 0.6 is 0 Å². The summed E-state index contributed by atoms with van der Waals surface area (Å²) in [6.07, 6.45) is 0.475. The predicted molar refractivity (Wildman–Crippen MR) is 120 cm³/mol. The summed E-state index contributed by atoms with van der Waals surface area (Å²) in [6.45, 7) is 4.92. The lowest BCUT2D eigenvalue weighted by molar-refractivity contribution is -0.139. The van der Waals surface area contributed by atoms with E-state index in [0.717, 1.165) is 6.08 Å². The van der Waals surface area contributed by atoms with Crippen LogP contribution in [0.4, 0.5) is 4.79 Å². The standard InChI is InChI=1S/C24H25NO7/c1-2-21(26)31-16-15-30-14-13-29-12-11-25-24(28)32-23-19-9-5-3-7-17(19)22(27)18-8-4-6-10-20(18)23/h2-10,27H,1,11-16H2,(H,25,28). The lowest BCUT2D eigenvalue weighted by Crippen LogP contribution is -2.30. The molecule has 0 fully saturated rings. The molecule has 0 atom stereocenters. The van der Waals surface area contributed by atoms with Crippen LogP contribution in [-0.4, -0.2) is 56.7 Å². The molecular formula is C24H25NO7. The number of fused-ring (bicyclic) bond motifs is 2. The number of rotatable bonds is 11. The number of amides is 1. The first-order chi connectivity index (χ1) is 15.6. The number of carbonyl (C=O) groups excluding carboxylic acids is 2. The molecule has 0 radical (unpaired) electrons. The molecule has 0 aliphatic carbocycles. The van der Waals surface area contributed by atoms with Crippen LogP contribution in [0.2, 0.25) is 0 Å². The minimum atomic E-state index is -0.616. The topological polar surface area (TPSA) is 103 Å². The molecule has 0 bridgehead atoms. The van der Waals surface area contributed by atoms with E-state index < -0.39 is 12.1 Å². The van der Waals surface area contributed by atoms with Crippen molar-refractivity contribution in [3.63, 3.8) is 0 Å². The number of esters is 1. The van der Waals surface area contributed by atoms with Crippen molar-refractivity contribution in [2.45, 2.75) is 0 Å². The van der Waals surface area contributed by atoms with Crippen molar-refractivity contribution in [2.75, 3.05) is 39.6 Å². The maximum atomic E-state index is 12.3. The van der Waals surface area contributed by atoms with E-state index in [1.165, 1.54) is 0 Å². The van der Waals surface area contributed by atoms with Gasteiger partial charge in [0, 0.05) is 34.2 Å². The molecule has 32 heavy (non-hydrogen) atoms. The van der Waals surface area contributed by atoms with E-state index in [1.807, 2.05) is 24.3 Å². The molecule has 0 aliphatic rings. The zero-order valence-corrected chi connectivity index (χ0v) is 17.5. The first-order valence-electron chi connectivity index (χ1n) is 10.1. The Hall–Kier alpha value is -3.62. The Kier molecular flexibility index (Phi) is 8.42. The van der Waals surface area contributed by atoms with Crippen LogP contribution in [-0.2, 0) is 19.0 Å². The molecule has 0 heterocycles.